The molecular weight excluding hydrogens is 422 g/mol. The molecule has 2 aliphatic carbocycles. The minimum absolute atomic E-state index is 0.0764. The Kier molecular flexibility index (Phi) is 5.22. The number of anilines is 1. The molecule has 1 saturated carbocycles. The van der Waals surface area contributed by atoms with E-state index < -0.39 is 0 Å². The second kappa shape index (κ2) is 8.67. The van der Waals surface area contributed by atoms with Gasteiger partial charge in [0.25, 0.3) is 0 Å². The Morgan fingerprint density at radius 2 is 1.82 bits per heavy atom. The minimum Gasteiger partial charge on any atom is -0.457 e. The van der Waals surface area contributed by atoms with Gasteiger partial charge in [0.1, 0.15) is 11.5 Å². The van der Waals surface area contributed by atoms with E-state index in [4.69, 9.17) is 4.74 Å². The number of carbonyl (C=O) groups is 1. The van der Waals surface area contributed by atoms with Gasteiger partial charge in [0.05, 0.1) is 11.2 Å². The van der Waals surface area contributed by atoms with Crippen LogP contribution >= 0.6 is 0 Å². The fraction of sp³-hybridized carbons (Fsp3) is 0.172. The summed E-state index contributed by atoms with van der Waals surface area (Å²) in [6, 6.07) is 23.6. The summed E-state index contributed by atoms with van der Waals surface area (Å²) in [6.45, 7) is 0. The second-order valence-electron chi connectivity index (χ2n) is 9.07. The molecule has 0 aliphatic heterocycles. The van der Waals surface area contributed by atoms with E-state index in [1.54, 1.807) is 0 Å². The first kappa shape index (κ1) is 20.5. The summed E-state index contributed by atoms with van der Waals surface area (Å²) in [5.74, 6) is 2.52. The van der Waals surface area contributed by atoms with Gasteiger partial charge in [-0.15, -0.1) is 0 Å². The van der Waals surface area contributed by atoms with E-state index >= 15 is 0 Å². The molecule has 1 unspecified atom stereocenters. The fourth-order valence-electron chi connectivity index (χ4n) is 5.04. The first-order chi connectivity index (χ1) is 16.7. The van der Waals surface area contributed by atoms with Crippen LogP contribution in [-0.4, -0.2) is 16.1 Å². The number of fused-ring (bicyclic) bond motifs is 3. The largest absolute Gasteiger partial charge is 0.457 e. The van der Waals surface area contributed by atoms with Gasteiger partial charge in [0, 0.05) is 29.1 Å². The molecular formula is C29H25N3O2. The van der Waals surface area contributed by atoms with Crippen LogP contribution in [0.2, 0.25) is 0 Å². The second-order valence-corrected chi connectivity index (χ2v) is 9.07. The molecule has 2 aliphatic rings. The van der Waals surface area contributed by atoms with Crippen molar-refractivity contribution in [2.75, 3.05) is 5.32 Å². The van der Waals surface area contributed by atoms with Crippen LogP contribution in [0.25, 0.3) is 23.1 Å². The van der Waals surface area contributed by atoms with Crippen molar-refractivity contribution in [2.24, 2.45) is 17.8 Å². The zero-order valence-electron chi connectivity index (χ0n) is 18.6. The summed E-state index contributed by atoms with van der Waals surface area (Å²) in [5.41, 5.74) is 3.66. The Balaban J connectivity index is 1.15. The van der Waals surface area contributed by atoms with Crippen molar-refractivity contribution in [3.8, 4) is 11.5 Å². The standard InChI is InChI=1S/C29H25N3O2/c33-29(26-16-20-9-11-21(26)15-20)30-22-7-4-8-23(17-22)34-24-12-13-25-27(31-32-28(25)18-24)14-10-19-5-2-1-3-6-19/h1-14,17-18,20-21,26H,15-16H2,(H,30,33)(H,31,32)/b14-10+/t20-,21-,26?/m0/s1. The van der Waals surface area contributed by atoms with Crippen LogP contribution in [0.1, 0.15) is 24.1 Å². The van der Waals surface area contributed by atoms with Crippen molar-refractivity contribution in [2.45, 2.75) is 12.8 Å². The van der Waals surface area contributed by atoms with Crippen LogP contribution in [0.5, 0.6) is 11.5 Å². The van der Waals surface area contributed by atoms with Gasteiger partial charge < -0.3 is 10.1 Å². The summed E-state index contributed by atoms with van der Waals surface area (Å²) in [5, 5.41) is 11.6. The Morgan fingerprint density at radius 3 is 2.65 bits per heavy atom. The van der Waals surface area contributed by atoms with E-state index in [1.165, 1.54) is 0 Å². The lowest BCUT2D eigenvalue weighted by Crippen LogP contribution is -2.25. The number of amides is 1. The van der Waals surface area contributed by atoms with Crippen molar-refractivity contribution in [3.63, 3.8) is 0 Å². The molecule has 1 amide bonds. The number of aromatic nitrogens is 2. The van der Waals surface area contributed by atoms with Gasteiger partial charge in [-0.1, -0.05) is 54.6 Å². The molecule has 3 atom stereocenters. The van der Waals surface area contributed by atoms with Gasteiger partial charge in [-0.05, 0) is 60.6 Å². The van der Waals surface area contributed by atoms with Crippen LogP contribution in [0.3, 0.4) is 0 Å². The summed E-state index contributed by atoms with van der Waals surface area (Å²) in [4.78, 5) is 12.8. The molecule has 34 heavy (non-hydrogen) atoms. The van der Waals surface area contributed by atoms with E-state index in [2.05, 4.69) is 39.8 Å². The third kappa shape index (κ3) is 4.13. The minimum atomic E-state index is 0.0764. The maximum Gasteiger partial charge on any atom is 0.228 e. The van der Waals surface area contributed by atoms with Gasteiger partial charge in [-0.25, -0.2) is 0 Å². The van der Waals surface area contributed by atoms with Gasteiger partial charge >= 0.3 is 0 Å². The number of hydrogen-bond donors (Lipinski definition) is 2. The van der Waals surface area contributed by atoms with E-state index in [-0.39, 0.29) is 11.8 Å². The molecule has 6 rings (SSSR count). The van der Waals surface area contributed by atoms with Crippen LogP contribution in [0, 0.1) is 17.8 Å². The third-order valence-corrected chi connectivity index (χ3v) is 6.75. The summed E-state index contributed by atoms with van der Waals surface area (Å²) in [7, 11) is 0. The average Bonchev–Trinajstić information content (AvgIpc) is 3.60. The van der Waals surface area contributed by atoms with E-state index in [9.17, 15) is 4.79 Å². The van der Waals surface area contributed by atoms with E-state index in [0.29, 0.717) is 23.3 Å². The van der Waals surface area contributed by atoms with Crippen LogP contribution in [-0.2, 0) is 4.79 Å². The van der Waals surface area contributed by atoms with Gasteiger partial charge in [0.15, 0.2) is 0 Å². The van der Waals surface area contributed by atoms with Crippen molar-refractivity contribution in [1.82, 2.24) is 10.2 Å². The van der Waals surface area contributed by atoms with Crippen molar-refractivity contribution in [1.29, 1.82) is 0 Å². The molecule has 0 saturated heterocycles. The van der Waals surface area contributed by atoms with Gasteiger partial charge in [0.2, 0.25) is 5.91 Å². The predicted octanol–water partition coefficient (Wildman–Crippen LogP) is 6.68. The van der Waals surface area contributed by atoms with E-state index in [1.807, 2.05) is 72.8 Å². The van der Waals surface area contributed by atoms with Crippen LogP contribution < -0.4 is 10.1 Å². The quantitative estimate of drug-likeness (QED) is 0.324. The summed E-state index contributed by atoms with van der Waals surface area (Å²) < 4.78 is 6.09. The number of allylic oxidation sites excluding steroid dienone is 2. The topological polar surface area (TPSA) is 67.0 Å². The number of benzene rings is 3. The van der Waals surface area contributed by atoms with Crippen molar-refractivity contribution < 1.29 is 9.53 Å². The number of hydrogen-bond acceptors (Lipinski definition) is 3. The highest BCUT2D eigenvalue weighted by Gasteiger charge is 2.39. The molecule has 2 N–H and O–H groups in total. The fourth-order valence-corrected chi connectivity index (χ4v) is 5.04. The molecule has 3 aromatic carbocycles. The number of carbonyl (C=O) groups excluding carboxylic acids is 1. The molecule has 0 spiro atoms. The summed E-state index contributed by atoms with van der Waals surface area (Å²) >= 11 is 0. The predicted molar refractivity (Wildman–Crippen MR) is 135 cm³/mol. The smallest absolute Gasteiger partial charge is 0.228 e. The number of nitrogens with zero attached hydrogens (tertiary/aromatic N) is 1. The lowest BCUT2D eigenvalue weighted by molar-refractivity contribution is -0.120. The number of H-pyrrole nitrogens is 1. The molecule has 168 valence electrons. The molecule has 4 aromatic rings. The first-order valence-corrected chi connectivity index (χ1v) is 11.7. The highest BCUT2D eigenvalue weighted by atomic mass is 16.5. The van der Waals surface area contributed by atoms with E-state index in [0.717, 1.165) is 40.7 Å². The van der Waals surface area contributed by atoms with Crippen molar-refractivity contribution in [3.05, 3.63) is 96.2 Å². The zero-order chi connectivity index (χ0) is 22.9. The molecule has 1 heterocycles. The molecule has 0 radical (unpaired) electrons. The van der Waals surface area contributed by atoms with Gasteiger partial charge in [-0.2, -0.15) is 5.10 Å². The zero-order valence-corrected chi connectivity index (χ0v) is 18.6. The highest BCUT2D eigenvalue weighted by molar-refractivity contribution is 5.93. The Bertz CT molecular complexity index is 1400. The normalized spacial score (nSPS) is 20.9. The number of rotatable bonds is 6. The average molecular weight is 448 g/mol. The van der Waals surface area contributed by atoms with Gasteiger partial charge in [-0.3, -0.25) is 9.89 Å². The molecule has 5 nitrogen and oxygen atoms in total. The highest BCUT2D eigenvalue weighted by Crippen LogP contribution is 2.43. The molecule has 1 aromatic heterocycles. The number of nitrogens with one attached hydrogen (secondary N) is 2. The first-order valence-electron chi connectivity index (χ1n) is 11.7. The van der Waals surface area contributed by atoms with Crippen LogP contribution in [0.4, 0.5) is 5.69 Å². The Hall–Kier alpha value is -4.12. The monoisotopic (exact) mass is 447 g/mol. The lowest BCUT2D eigenvalue weighted by atomic mass is 9.93. The molecule has 2 bridgehead atoms. The number of ether oxygens (including phenoxy) is 1. The summed E-state index contributed by atoms with van der Waals surface area (Å²) in [6.07, 6.45) is 10.6. The Labute approximate surface area is 198 Å². The Morgan fingerprint density at radius 1 is 0.941 bits per heavy atom. The maximum atomic E-state index is 12.8. The SMILES string of the molecule is O=C(Nc1cccc(Oc2ccc3c(/C=C/c4ccccc4)n[nH]c3c2)c1)C1C[C@H]2C=C[C@H]1C2. The van der Waals surface area contributed by atoms with Crippen LogP contribution in [0.15, 0.2) is 84.9 Å². The number of aromatic amines is 1. The van der Waals surface area contributed by atoms with Crippen molar-refractivity contribution >= 4 is 34.6 Å². The maximum absolute atomic E-state index is 12.8. The molecule has 1 fully saturated rings. The molecule has 5 heteroatoms. The lowest BCUT2D eigenvalue weighted by Gasteiger charge is -2.17. The third-order valence-electron chi connectivity index (χ3n) is 6.75.